The number of carbonyl (C=O) groups is 2. The van der Waals surface area contributed by atoms with Crippen LogP contribution in [0.25, 0.3) is 0 Å². The van der Waals surface area contributed by atoms with Crippen molar-refractivity contribution in [2.45, 2.75) is 39.0 Å². The first-order valence-corrected chi connectivity index (χ1v) is 3.81. The molecule has 0 bridgehead atoms. The quantitative estimate of drug-likeness (QED) is 0.485. The van der Waals surface area contributed by atoms with Gasteiger partial charge in [-0.05, 0) is 20.8 Å². The number of amides is 1. The molecule has 0 radical (unpaired) electrons. The Kier molecular flexibility index (Phi) is 4.51. The van der Waals surface area contributed by atoms with Crippen molar-refractivity contribution in [2.75, 3.05) is 0 Å². The molecule has 1 atom stereocenters. The van der Waals surface area contributed by atoms with E-state index in [0.29, 0.717) is 12.7 Å². The van der Waals surface area contributed by atoms with E-state index in [0.717, 1.165) is 0 Å². The Hall–Kier alpha value is -0.900. The van der Waals surface area contributed by atoms with Crippen LogP contribution in [0.4, 0.5) is 0 Å². The van der Waals surface area contributed by atoms with Crippen LogP contribution in [0.15, 0.2) is 0 Å². The second-order valence-corrected chi connectivity index (χ2v) is 3.41. The van der Waals surface area contributed by atoms with Gasteiger partial charge in [0.2, 0.25) is 6.41 Å². The number of rotatable bonds is 5. The third-order valence-corrected chi connectivity index (χ3v) is 1.06. The highest BCUT2D eigenvalue weighted by molar-refractivity contribution is 5.52. The summed E-state index contributed by atoms with van der Waals surface area (Å²) >= 11 is 0. The third kappa shape index (κ3) is 5.85. The zero-order chi connectivity index (χ0) is 9.61. The summed E-state index contributed by atoms with van der Waals surface area (Å²) in [5.74, 6) is 0. The molecule has 0 saturated heterocycles. The highest BCUT2D eigenvalue weighted by atomic mass is 16.5. The van der Waals surface area contributed by atoms with E-state index in [9.17, 15) is 9.59 Å². The van der Waals surface area contributed by atoms with E-state index in [1.54, 1.807) is 0 Å². The zero-order valence-corrected chi connectivity index (χ0v) is 7.66. The minimum atomic E-state index is -0.514. The van der Waals surface area contributed by atoms with Crippen LogP contribution in [-0.2, 0) is 14.3 Å². The molecule has 12 heavy (non-hydrogen) atoms. The fourth-order valence-electron chi connectivity index (χ4n) is 0.740. The van der Waals surface area contributed by atoms with Crippen LogP contribution in [0.1, 0.15) is 27.2 Å². The molecule has 0 heterocycles. The van der Waals surface area contributed by atoms with Gasteiger partial charge in [-0.2, -0.15) is 0 Å². The molecule has 0 saturated carbocycles. The Morgan fingerprint density at radius 2 is 2.00 bits per heavy atom. The van der Waals surface area contributed by atoms with Crippen molar-refractivity contribution in [3.8, 4) is 0 Å². The van der Waals surface area contributed by atoms with Crippen molar-refractivity contribution >= 4 is 12.7 Å². The van der Waals surface area contributed by atoms with Crippen LogP contribution < -0.4 is 5.32 Å². The lowest BCUT2D eigenvalue weighted by Gasteiger charge is -2.25. The lowest BCUT2D eigenvalue weighted by molar-refractivity contribution is -0.124. The zero-order valence-electron chi connectivity index (χ0n) is 7.66. The average molecular weight is 173 g/mol. The number of nitrogens with one attached hydrogen (secondary N) is 1. The molecule has 1 unspecified atom stereocenters. The molecule has 0 spiro atoms. The monoisotopic (exact) mass is 173 g/mol. The summed E-state index contributed by atoms with van der Waals surface area (Å²) in [7, 11) is 0. The predicted molar refractivity (Wildman–Crippen MR) is 44.5 cm³/mol. The van der Waals surface area contributed by atoms with Gasteiger partial charge in [0.25, 0.3) is 0 Å². The number of carbonyl (C=O) groups excluding carboxylic acids is 2. The predicted octanol–water partition coefficient (Wildman–Crippen LogP) is 0.463. The van der Waals surface area contributed by atoms with Crippen LogP contribution >= 0.6 is 0 Å². The van der Waals surface area contributed by atoms with E-state index in [4.69, 9.17) is 4.74 Å². The molecule has 4 nitrogen and oxygen atoms in total. The Labute approximate surface area is 72.3 Å². The van der Waals surface area contributed by atoms with Crippen molar-refractivity contribution in [1.82, 2.24) is 5.32 Å². The van der Waals surface area contributed by atoms with Gasteiger partial charge in [-0.1, -0.05) is 0 Å². The van der Waals surface area contributed by atoms with E-state index >= 15 is 0 Å². The minimum Gasteiger partial charge on any atom is -0.352 e. The number of aldehydes is 1. The van der Waals surface area contributed by atoms with Crippen LogP contribution in [0.3, 0.4) is 0 Å². The van der Waals surface area contributed by atoms with Crippen LogP contribution in [0, 0.1) is 0 Å². The lowest BCUT2D eigenvalue weighted by Crippen LogP contribution is -2.37. The van der Waals surface area contributed by atoms with Gasteiger partial charge in [0.1, 0.15) is 12.5 Å². The van der Waals surface area contributed by atoms with Gasteiger partial charge < -0.3 is 14.8 Å². The normalized spacial score (nSPS) is 13.6. The fourth-order valence-corrected chi connectivity index (χ4v) is 0.740. The smallest absolute Gasteiger partial charge is 0.209 e. The molecule has 0 aliphatic heterocycles. The summed E-state index contributed by atoms with van der Waals surface area (Å²) in [6.07, 6.45) is 0.906. The van der Waals surface area contributed by atoms with Gasteiger partial charge in [-0.15, -0.1) is 0 Å². The second-order valence-electron chi connectivity index (χ2n) is 3.41. The molecule has 0 aliphatic rings. The fraction of sp³-hybridized carbons (Fsp3) is 0.750. The molecule has 0 aromatic heterocycles. The molecule has 1 amide bonds. The first-order chi connectivity index (χ1) is 5.49. The summed E-state index contributed by atoms with van der Waals surface area (Å²) in [6, 6.07) is 0. The Morgan fingerprint density at radius 3 is 2.33 bits per heavy atom. The standard InChI is InChI=1S/C8H15NO3/c1-8(2,3)12-7(4-5-10)9-6-11/h5-7H,4H2,1-3H3,(H,9,11). The number of hydrogen-bond donors (Lipinski definition) is 1. The van der Waals surface area contributed by atoms with Gasteiger partial charge in [0.15, 0.2) is 0 Å². The largest absolute Gasteiger partial charge is 0.352 e. The summed E-state index contributed by atoms with van der Waals surface area (Å²) in [4.78, 5) is 20.2. The van der Waals surface area contributed by atoms with Crippen molar-refractivity contribution in [2.24, 2.45) is 0 Å². The maximum atomic E-state index is 10.1. The second kappa shape index (κ2) is 4.87. The Bertz CT molecular complexity index is 141. The van der Waals surface area contributed by atoms with E-state index in [-0.39, 0.29) is 12.0 Å². The van der Waals surface area contributed by atoms with Gasteiger partial charge in [0, 0.05) is 6.42 Å². The van der Waals surface area contributed by atoms with Crippen LogP contribution in [0.2, 0.25) is 0 Å². The summed E-state index contributed by atoms with van der Waals surface area (Å²) in [6.45, 7) is 5.58. The van der Waals surface area contributed by atoms with E-state index in [1.165, 1.54) is 0 Å². The molecule has 0 aromatic carbocycles. The summed E-state index contributed by atoms with van der Waals surface area (Å²) in [5, 5.41) is 2.41. The molecule has 4 heteroatoms. The highest BCUT2D eigenvalue weighted by Gasteiger charge is 2.17. The van der Waals surface area contributed by atoms with Gasteiger partial charge in [-0.3, -0.25) is 4.79 Å². The van der Waals surface area contributed by atoms with Gasteiger partial charge in [0.05, 0.1) is 5.60 Å². The first-order valence-electron chi connectivity index (χ1n) is 3.81. The maximum absolute atomic E-state index is 10.1. The first kappa shape index (κ1) is 11.1. The van der Waals surface area contributed by atoms with Crippen molar-refractivity contribution < 1.29 is 14.3 Å². The topological polar surface area (TPSA) is 55.4 Å². The van der Waals surface area contributed by atoms with E-state index in [1.807, 2.05) is 20.8 Å². The van der Waals surface area contributed by atoms with Crippen molar-refractivity contribution in [3.05, 3.63) is 0 Å². The highest BCUT2D eigenvalue weighted by Crippen LogP contribution is 2.10. The number of ether oxygens (including phenoxy) is 1. The van der Waals surface area contributed by atoms with Crippen molar-refractivity contribution in [3.63, 3.8) is 0 Å². The van der Waals surface area contributed by atoms with Gasteiger partial charge in [-0.25, -0.2) is 0 Å². The summed E-state index contributed by atoms with van der Waals surface area (Å²) < 4.78 is 5.34. The Balaban J connectivity index is 3.93. The Morgan fingerprint density at radius 1 is 1.42 bits per heavy atom. The average Bonchev–Trinajstić information content (AvgIpc) is 1.84. The SMILES string of the molecule is CC(C)(C)OC(CC=O)NC=O. The molecule has 70 valence electrons. The van der Waals surface area contributed by atoms with Crippen molar-refractivity contribution in [1.29, 1.82) is 0 Å². The third-order valence-electron chi connectivity index (χ3n) is 1.06. The molecular weight excluding hydrogens is 158 g/mol. The molecular formula is C8H15NO3. The minimum absolute atomic E-state index is 0.177. The maximum Gasteiger partial charge on any atom is 0.209 e. The molecule has 0 fully saturated rings. The van der Waals surface area contributed by atoms with E-state index < -0.39 is 6.23 Å². The van der Waals surface area contributed by atoms with Gasteiger partial charge >= 0.3 is 0 Å². The summed E-state index contributed by atoms with van der Waals surface area (Å²) in [5.41, 5.74) is -0.357. The molecule has 0 aliphatic carbocycles. The van der Waals surface area contributed by atoms with Crippen LogP contribution in [-0.4, -0.2) is 24.5 Å². The molecule has 0 aromatic rings. The lowest BCUT2D eigenvalue weighted by atomic mass is 10.2. The van der Waals surface area contributed by atoms with Crippen LogP contribution in [0.5, 0.6) is 0 Å². The number of hydrogen-bond acceptors (Lipinski definition) is 3. The van der Waals surface area contributed by atoms with E-state index in [2.05, 4.69) is 5.32 Å². The molecule has 0 rings (SSSR count). The molecule has 1 N–H and O–H groups in total.